The van der Waals surface area contributed by atoms with Crippen molar-refractivity contribution < 1.29 is 14.7 Å². The molecule has 1 aromatic rings. The molecule has 0 aromatic carbocycles. The molecule has 0 spiro atoms. The van der Waals surface area contributed by atoms with Crippen LogP contribution in [-0.2, 0) is 4.79 Å². The summed E-state index contributed by atoms with van der Waals surface area (Å²) in [6.07, 6.45) is 4.12. The third-order valence-corrected chi connectivity index (χ3v) is 3.03. The van der Waals surface area contributed by atoms with E-state index in [4.69, 9.17) is 0 Å². The summed E-state index contributed by atoms with van der Waals surface area (Å²) in [5.74, 6) is -0.491. The Morgan fingerprint density at radius 1 is 1.50 bits per heavy atom. The van der Waals surface area contributed by atoms with Gasteiger partial charge in [-0.25, -0.2) is 0 Å². The number of carbonyl (C=O) groups excluding carboxylic acids is 2. The zero-order chi connectivity index (χ0) is 13.1. The average molecular weight is 249 g/mol. The topological polar surface area (TPSA) is 82.5 Å². The van der Waals surface area contributed by atoms with Gasteiger partial charge in [-0.05, 0) is 18.9 Å². The summed E-state index contributed by atoms with van der Waals surface area (Å²) in [4.78, 5) is 29.2. The molecule has 2 heterocycles. The summed E-state index contributed by atoms with van der Waals surface area (Å²) >= 11 is 0. The lowest BCUT2D eigenvalue weighted by molar-refractivity contribution is -0.124. The molecule has 96 valence electrons. The van der Waals surface area contributed by atoms with Crippen molar-refractivity contribution in [3.63, 3.8) is 0 Å². The fourth-order valence-electron chi connectivity index (χ4n) is 2.16. The molecule has 1 unspecified atom stereocenters. The van der Waals surface area contributed by atoms with E-state index in [2.05, 4.69) is 10.3 Å². The van der Waals surface area contributed by atoms with Gasteiger partial charge in [-0.3, -0.25) is 14.6 Å². The Labute approximate surface area is 105 Å². The molecule has 6 nitrogen and oxygen atoms in total. The number of nitrogens with zero attached hydrogens (tertiary/aromatic N) is 2. The van der Waals surface area contributed by atoms with Crippen molar-refractivity contribution in [3.05, 3.63) is 24.0 Å². The molecule has 0 aliphatic carbocycles. The molecule has 2 N–H and O–H groups in total. The van der Waals surface area contributed by atoms with Gasteiger partial charge < -0.3 is 15.3 Å². The fourth-order valence-corrected chi connectivity index (χ4v) is 2.16. The van der Waals surface area contributed by atoms with Crippen LogP contribution in [0.25, 0.3) is 0 Å². The molecule has 0 bridgehead atoms. The van der Waals surface area contributed by atoms with E-state index in [0.717, 1.165) is 6.42 Å². The van der Waals surface area contributed by atoms with E-state index < -0.39 is 6.04 Å². The van der Waals surface area contributed by atoms with E-state index in [1.807, 2.05) is 0 Å². The molecule has 1 fully saturated rings. The first-order chi connectivity index (χ1) is 8.63. The van der Waals surface area contributed by atoms with Gasteiger partial charge in [0, 0.05) is 19.8 Å². The van der Waals surface area contributed by atoms with Gasteiger partial charge in [-0.1, -0.05) is 0 Å². The molecular weight excluding hydrogens is 234 g/mol. The zero-order valence-corrected chi connectivity index (χ0v) is 10.1. The Kier molecular flexibility index (Phi) is 3.45. The van der Waals surface area contributed by atoms with Crippen molar-refractivity contribution in [3.8, 4) is 5.75 Å². The highest BCUT2D eigenvalue weighted by molar-refractivity contribution is 5.97. The molecule has 2 rings (SSSR count). The minimum atomic E-state index is -0.426. The number of nitrogens with one attached hydrogen (secondary N) is 1. The quantitative estimate of drug-likeness (QED) is 0.781. The number of likely N-dealkylation sites (tertiary alicyclic amines) is 1. The summed E-state index contributed by atoms with van der Waals surface area (Å²) in [6, 6.07) is 0.930. The Hall–Kier alpha value is -2.11. The van der Waals surface area contributed by atoms with Gasteiger partial charge in [0.15, 0.2) is 0 Å². The highest BCUT2D eigenvalue weighted by Gasteiger charge is 2.34. The second-order valence-electron chi connectivity index (χ2n) is 4.20. The predicted molar refractivity (Wildman–Crippen MR) is 64.0 cm³/mol. The molecule has 2 amide bonds. The van der Waals surface area contributed by atoms with Gasteiger partial charge in [0.1, 0.15) is 11.8 Å². The van der Waals surface area contributed by atoms with Crippen molar-refractivity contribution in [2.45, 2.75) is 18.9 Å². The van der Waals surface area contributed by atoms with E-state index in [1.165, 1.54) is 23.4 Å². The number of aromatic nitrogens is 1. The summed E-state index contributed by atoms with van der Waals surface area (Å²) in [5, 5.41) is 11.9. The lowest BCUT2D eigenvalue weighted by Crippen LogP contribution is -2.44. The molecule has 1 aliphatic rings. The number of carbonyl (C=O) groups is 2. The number of hydrogen-bond acceptors (Lipinski definition) is 4. The van der Waals surface area contributed by atoms with Crippen LogP contribution >= 0.6 is 0 Å². The molecular formula is C12H15N3O3. The molecule has 1 aliphatic heterocycles. The molecule has 0 radical (unpaired) electrons. The van der Waals surface area contributed by atoms with E-state index in [-0.39, 0.29) is 17.6 Å². The number of amides is 2. The van der Waals surface area contributed by atoms with Crippen molar-refractivity contribution in [1.29, 1.82) is 0 Å². The first kappa shape index (κ1) is 12.3. The Morgan fingerprint density at radius 2 is 2.28 bits per heavy atom. The molecule has 1 saturated heterocycles. The minimum Gasteiger partial charge on any atom is -0.506 e. The number of likely N-dealkylation sites (N-methyl/N-ethyl adjacent to an activating group) is 1. The molecule has 1 atom stereocenters. The molecule has 6 heteroatoms. The first-order valence-corrected chi connectivity index (χ1v) is 5.80. The van der Waals surface area contributed by atoms with Crippen LogP contribution in [0.4, 0.5) is 0 Å². The SMILES string of the molecule is CNC(=O)C1CCCN1C(=O)c1cncc(O)c1. The average Bonchev–Trinajstić information content (AvgIpc) is 2.86. The summed E-state index contributed by atoms with van der Waals surface area (Å²) in [5.41, 5.74) is 0.297. The second-order valence-corrected chi connectivity index (χ2v) is 4.20. The smallest absolute Gasteiger partial charge is 0.256 e. The predicted octanol–water partition coefficient (Wildman–Crippen LogP) is 0.138. The van der Waals surface area contributed by atoms with Gasteiger partial charge in [0.05, 0.1) is 11.8 Å². The van der Waals surface area contributed by atoms with E-state index in [9.17, 15) is 14.7 Å². The third kappa shape index (κ3) is 2.27. The monoisotopic (exact) mass is 249 g/mol. The standard InChI is InChI=1S/C12H15N3O3/c1-13-11(17)10-3-2-4-15(10)12(18)8-5-9(16)7-14-6-8/h5-7,10,16H,2-4H2,1H3,(H,13,17). The maximum absolute atomic E-state index is 12.2. The van der Waals surface area contributed by atoms with Crippen LogP contribution in [0.3, 0.4) is 0 Å². The highest BCUT2D eigenvalue weighted by atomic mass is 16.3. The maximum atomic E-state index is 12.2. The summed E-state index contributed by atoms with van der Waals surface area (Å²) in [6.45, 7) is 0.548. The van der Waals surface area contributed by atoms with E-state index >= 15 is 0 Å². The summed E-state index contributed by atoms with van der Waals surface area (Å²) < 4.78 is 0. The zero-order valence-electron chi connectivity index (χ0n) is 10.1. The van der Waals surface area contributed by atoms with Crippen LogP contribution in [0.1, 0.15) is 23.2 Å². The number of hydrogen-bond donors (Lipinski definition) is 2. The Balaban J connectivity index is 2.20. The lowest BCUT2D eigenvalue weighted by atomic mass is 10.2. The Bertz CT molecular complexity index is 475. The number of rotatable bonds is 2. The Morgan fingerprint density at radius 3 is 2.94 bits per heavy atom. The highest BCUT2D eigenvalue weighted by Crippen LogP contribution is 2.21. The van der Waals surface area contributed by atoms with Crippen LogP contribution in [0, 0.1) is 0 Å². The summed E-state index contributed by atoms with van der Waals surface area (Å²) in [7, 11) is 1.55. The molecule has 18 heavy (non-hydrogen) atoms. The fraction of sp³-hybridized carbons (Fsp3) is 0.417. The van der Waals surface area contributed by atoms with Crippen LogP contribution in [0.5, 0.6) is 5.75 Å². The van der Waals surface area contributed by atoms with Gasteiger partial charge >= 0.3 is 0 Å². The first-order valence-electron chi connectivity index (χ1n) is 5.80. The number of pyridine rings is 1. The largest absolute Gasteiger partial charge is 0.506 e. The van der Waals surface area contributed by atoms with E-state index in [1.54, 1.807) is 7.05 Å². The minimum absolute atomic E-state index is 0.0588. The van der Waals surface area contributed by atoms with Crippen molar-refractivity contribution in [1.82, 2.24) is 15.2 Å². The third-order valence-electron chi connectivity index (χ3n) is 3.03. The molecule has 1 aromatic heterocycles. The van der Waals surface area contributed by atoms with Crippen LogP contribution in [0.2, 0.25) is 0 Å². The molecule has 0 saturated carbocycles. The van der Waals surface area contributed by atoms with Crippen molar-refractivity contribution >= 4 is 11.8 Å². The second kappa shape index (κ2) is 5.03. The maximum Gasteiger partial charge on any atom is 0.256 e. The van der Waals surface area contributed by atoms with Gasteiger partial charge in [0.2, 0.25) is 5.91 Å². The number of aromatic hydroxyl groups is 1. The van der Waals surface area contributed by atoms with Crippen LogP contribution in [0.15, 0.2) is 18.5 Å². The van der Waals surface area contributed by atoms with Gasteiger partial charge in [0.25, 0.3) is 5.91 Å². The van der Waals surface area contributed by atoms with Gasteiger partial charge in [-0.2, -0.15) is 0 Å². The van der Waals surface area contributed by atoms with Crippen LogP contribution in [-0.4, -0.2) is 46.4 Å². The van der Waals surface area contributed by atoms with Crippen molar-refractivity contribution in [2.24, 2.45) is 0 Å². The van der Waals surface area contributed by atoms with Gasteiger partial charge in [-0.15, -0.1) is 0 Å². The normalized spacial score (nSPS) is 18.7. The lowest BCUT2D eigenvalue weighted by Gasteiger charge is -2.23. The van der Waals surface area contributed by atoms with Crippen LogP contribution < -0.4 is 5.32 Å². The van der Waals surface area contributed by atoms with E-state index in [0.29, 0.717) is 18.5 Å². The van der Waals surface area contributed by atoms with Crippen molar-refractivity contribution in [2.75, 3.05) is 13.6 Å².